The molecule has 1 heterocycles. The summed E-state index contributed by atoms with van der Waals surface area (Å²) in [4.78, 5) is 35.1. The van der Waals surface area contributed by atoms with Crippen LogP contribution in [-0.2, 0) is 14.4 Å². The Morgan fingerprint density at radius 1 is 1.28 bits per heavy atom. The van der Waals surface area contributed by atoms with E-state index in [1.165, 1.54) is 0 Å². The summed E-state index contributed by atoms with van der Waals surface area (Å²) >= 11 is 0. The summed E-state index contributed by atoms with van der Waals surface area (Å²) in [6.45, 7) is 1.76. The van der Waals surface area contributed by atoms with Gasteiger partial charge >= 0.3 is 5.97 Å². The third-order valence-corrected chi connectivity index (χ3v) is 2.83. The Bertz CT molecular complexity index is 326. The molecule has 0 spiro atoms. The quantitative estimate of drug-likeness (QED) is 0.560. The summed E-state index contributed by atoms with van der Waals surface area (Å²) in [5.74, 6) is -1.64. The van der Waals surface area contributed by atoms with Crippen molar-refractivity contribution in [2.45, 2.75) is 31.7 Å². The summed E-state index contributed by atoms with van der Waals surface area (Å²) in [5.41, 5.74) is 5.37. The number of aliphatic carboxylic acids is 1. The summed E-state index contributed by atoms with van der Waals surface area (Å²) in [5, 5.41) is 10.9. The Morgan fingerprint density at radius 2 is 1.89 bits per heavy atom. The van der Waals surface area contributed by atoms with Crippen LogP contribution in [-0.4, -0.2) is 53.5 Å². The Labute approximate surface area is 105 Å². The molecule has 1 saturated heterocycles. The number of likely N-dealkylation sites (tertiary alicyclic amines) is 1. The molecular weight excluding hydrogens is 238 g/mol. The Hall–Kier alpha value is -1.63. The second kappa shape index (κ2) is 6.95. The molecule has 0 aliphatic carbocycles. The van der Waals surface area contributed by atoms with Crippen molar-refractivity contribution < 1.29 is 19.5 Å². The van der Waals surface area contributed by atoms with E-state index in [1.54, 1.807) is 4.90 Å². The first-order valence-electron chi connectivity index (χ1n) is 6.03. The Balaban J connectivity index is 2.18. The number of hydrogen-bond acceptors (Lipinski definition) is 4. The third-order valence-electron chi connectivity index (χ3n) is 2.83. The molecule has 18 heavy (non-hydrogen) atoms. The zero-order valence-corrected chi connectivity index (χ0v) is 10.2. The summed E-state index contributed by atoms with van der Waals surface area (Å²) in [6, 6.07) is -1.07. The van der Waals surface area contributed by atoms with Gasteiger partial charge in [-0.05, 0) is 12.8 Å². The lowest BCUT2D eigenvalue weighted by Gasteiger charge is -2.15. The number of carboxylic acid groups (broad SMARTS) is 1. The van der Waals surface area contributed by atoms with Crippen LogP contribution >= 0.6 is 0 Å². The first kappa shape index (κ1) is 14.4. The fraction of sp³-hybridized carbons (Fsp3) is 0.727. The van der Waals surface area contributed by atoms with E-state index in [2.05, 4.69) is 5.32 Å². The van der Waals surface area contributed by atoms with Gasteiger partial charge in [0.15, 0.2) is 0 Å². The molecule has 102 valence electrons. The van der Waals surface area contributed by atoms with Gasteiger partial charge in [-0.3, -0.25) is 14.4 Å². The van der Waals surface area contributed by atoms with Gasteiger partial charge in [0.05, 0.1) is 12.5 Å². The van der Waals surface area contributed by atoms with Gasteiger partial charge in [-0.2, -0.15) is 0 Å². The molecule has 0 aromatic heterocycles. The summed E-state index contributed by atoms with van der Waals surface area (Å²) in [7, 11) is 0. The summed E-state index contributed by atoms with van der Waals surface area (Å²) < 4.78 is 0. The molecule has 1 atom stereocenters. The van der Waals surface area contributed by atoms with Crippen LogP contribution in [0.1, 0.15) is 25.7 Å². The molecule has 7 heteroatoms. The molecule has 1 rings (SSSR count). The molecule has 0 saturated carbocycles. The lowest BCUT2D eigenvalue weighted by molar-refractivity contribution is -0.139. The fourth-order valence-electron chi connectivity index (χ4n) is 1.83. The fourth-order valence-corrected chi connectivity index (χ4v) is 1.83. The zero-order chi connectivity index (χ0) is 13.5. The smallest absolute Gasteiger partial charge is 0.305 e. The molecule has 2 amide bonds. The number of hydrogen-bond donors (Lipinski definition) is 3. The molecule has 0 aromatic carbocycles. The molecule has 4 N–H and O–H groups in total. The number of carbonyl (C=O) groups excluding carboxylic acids is 2. The minimum absolute atomic E-state index is 0.0135. The predicted molar refractivity (Wildman–Crippen MR) is 63.7 cm³/mol. The molecule has 0 aromatic rings. The highest BCUT2D eigenvalue weighted by molar-refractivity contribution is 5.86. The minimum atomic E-state index is -1.12. The lowest BCUT2D eigenvalue weighted by Crippen LogP contribution is -2.43. The van der Waals surface area contributed by atoms with Crippen molar-refractivity contribution in [1.82, 2.24) is 10.2 Å². The average molecular weight is 257 g/mol. The third kappa shape index (κ3) is 4.70. The second-order valence-corrected chi connectivity index (χ2v) is 4.33. The monoisotopic (exact) mass is 257 g/mol. The first-order chi connectivity index (χ1) is 8.50. The number of nitrogens with zero attached hydrogens (tertiary/aromatic N) is 1. The first-order valence-corrected chi connectivity index (χ1v) is 6.03. The molecule has 0 bridgehead atoms. The average Bonchev–Trinajstić information content (AvgIpc) is 2.81. The number of carbonyl (C=O) groups is 3. The van der Waals surface area contributed by atoms with E-state index in [4.69, 9.17) is 10.8 Å². The van der Waals surface area contributed by atoms with E-state index in [1.807, 2.05) is 0 Å². The van der Waals surface area contributed by atoms with Crippen molar-refractivity contribution in [2.75, 3.05) is 19.6 Å². The number of nitrogens with two attached hydrogens (primary N) is 1. The Kier molecular flexibility index (Phi) is 5.57. The van der Waals surface area contributed by atoms with E-state index in [0.29, 0.717) is 0 Å². The normalized spacial score (nSPS) is 16.4. The highest BCUT2D eigenvalue weighted by atomic mass is 16.4. The van der Waals surface area contributed by atoms with E-state index in [0.717, 1.165) is 25.9 Å². The minimum Gasteiger partial charge on any atom is -0.481 e. The number of carboxylic acids is 1. The van der Waals surface area contributed by atoms with E-state index in [-0.39, 0.29) is 18.9 Å². The van der Waals surface area contributed by atoms with Gasteiger partial charge in [0.25, 0.3) is 0 Å². The van der Waals surface area contributed by atoms with Crippen LogP contribution in [0.2, 0.25) is 0 Å². The van der Waals surface area contributed by atoms with Crippen LogP contribution in [0, 0.1) is 0 Å². The molecular formula is C11H19N3O4. The molecule has 7 nitrogen and oxygen atoms in total. The van der Waals surface area contributed by atoms with Crippen molar-refractivity contribution in [1.29, 1.82) is 0 Å². The van der Waals surface area contributed by atoms with Gasteiger partial charge in [0.1, 0.15) is 0 Å². The maximum atomic E-state index is 11.6. The van der Waals surface area contributed by atoms with Crippen molar-refractivity contribution >= 4 is 17.8 Å². The van der Waals surface area contributed by atoms with Crippen molar-refractivity contribution in [3.8, 4) is 0 Å². The molecule has 1 aliphatic heterocycles. The standard InChI is InChI=1S/C11H19N3O4/c12-8(7-10(16)17)11(18)13-4-3-9(15)14-5-1-2-6-14/h8H,1-7,12H2,(H,13,18)(H,16,17). The maximum Gasteiger partial charge on any atom is 0.305 e. The maximum absolute atomic E-state index is 11.6. The zero-order valence-electron chi connectivity index (χ0n) is 10.2. The van der Waals surface area contributed by atoms with Crippen LogP contribution in [0.5, 0.6) is 0 Å². The highest BCUT2D eigenvalue weighted by Crippen LogP contribution is 2.08. The van der Waals surface area contributed by atoms with Crippen LogP contribution in [0.25, 0.3) is 0 Å². The van der Waals surface area contributed by atoms with Gasteiger partial charge in [-0.15, -0.1) is 0 Å². The highest BCUT2D eigenvalue weighted by Gasteiger charge is 2.19. The number of rotatable bonds is 6. The molecule has 1 fully saturated rings. The SMILES string of the molecule is NC(CC(=O)O)C(=O)NCCC(=O)N1CCCC1. The van der Waals surface area contributed by atoms with Crippen LogP contribution in [0.3, 0.4) is 0 Å². The van der Waals surface area contributed by atoms with E-state index >= 15 is 0 Å². The topological polar surface area (TPSA) is 113 Å². The van der Waals surface area contributed by atoms with Crippen molar-refractivity contribution in [3.63, 3.8) is 0 Å². The molecule has 1 unspecified atom stereocenters. The van der Waals surface area contributed by atoms with Gasteiger partial charge in [0.2, 0.25) is 11.8 Å². The van der Waals surface area contributed by atoms with Crippen LogP contribution in [0.15, 0.2) is 0 Å². The largest absolute Gasteiger partial charge is 0.481 e. The van der Waals surface area contributed by atoms with Gasteiger partial charge in [-0.25, -0.2) is 0 Å². The van der Waals surface area contributed by atoms with Crippen molar-refractivity contribution in [3.05, 3.63) is 0 Å². The van der Waals surface area contributed by atoms with Crippen LogP contribution in [0.4, 0.5) is 0 Å². The number of amides is 2. The Morgan fingerprint density at radius 3 is 2.44 bits per heavy atom. The number of nitrogens with one attached hydrogen (secondary N) is 1. The molecule has 1 aliphatic rings. The lowest BCUT2D eigenvalue weighted by atomic mass is 10.2. The van der Waals surface area contributed by atoms with Gasteiger partial charge < -0.3 is 21.1 Å². The van der Waals surface area contributed by atoms with Gasteiger partial charge in [0, 0.05) is 26.1 Å². The molecule has 0 radical (unpaired) electrons. The van der Waals surface area contributed by atoms with Crippen LogP contribution < -0.4 is 11.1 Å². The van der Waals surface area contributed by atoms with Crippen molar-refractivity contribution in [2.24, 2.45) is 5.73 Å². The van der Waals surface area contributed by atoms with E-state index in [9.17, 15) is 14.4 Å². The summed E-state index contributed by atoms with van der Waals surface area (Å²) in [6.07, 6.45) is 1.88. The van der Waals surface area contributed by atoms with Gasteiger partial charge in [-0.1, -0.05) is 0 Å². The predicted octanol–water partition coefficient (Wildman–Crippen LogP) is -1.08. The second-order valence-electron chi connectivity index (χ2n) is 4.33. The van der Waals surface area contributed by atoms with E-state index < -0.39 is 24.3 Å².